The van der Waals surface area contributed by atoms with Crippen molar-refractivity contribution >= 4 is 23.2 Å². The molecule has 0 bridgehead atoms. The third-order valence-corrected chi connectivity index (χ3v) is 6.18. The van der Waals surface area contributed by atoms with E-state index < -0.39 is 0 Å². The molecule has 0 N–H and O–H groups in total. The van der Waals surface area contributed by atoms with Crippen molar-refractivity contribution in [1.29, 1.82) is 0 Å². The fourth-order valence-electron chi connectivity index (χ4n) is 3.49. The summed E-state index contributed by atoms with van der Waals surface area (Å²) in [5.41, 5.74) is 5.07. The average molecular weight is 402 g/mol. The molecule has 4 rings (SSSR count). The lowest BCUT2D eigenvalue weighted by Crippen LogP contribution is -2.03. The molecule has 0 radical (unpaired) electrons. The second-order valence-electron chi connectivity index (χ2n) is 6.75. The van der Waals surface area contributed by atoms with Gasteiger partial charge in [-0.15, -0.1) is 11.8 Å². The van der Waals surface area contributed by atoms with Crippen molar-refractivity contribution in [2.75, 3.05) is 6.61 Å². The van der Waals surface area contributed by atoms with E-state index in [1.165, 1.54) is 11.1 Å². The summed E-state index contributed by atoms with van der Waals surface area (Å²) in [7, 11) is 0. The van der Waals surface area contributed by atoms with Crippen LogP contribution in [-0.2, 0) is 10.5 Å². The molecule has 2 heterocycles. The number of carbonyl (C=O) groups is 1. The molecule has 29 heavy (non-hydrogen) atoms. The monoisotopic (exact) mass is 401 g/mol. The zero-order chi connectivity index (χ0) is 20.1. The smallest absolute Gasteiger partial charge is 0.340 e. The number of rotatable bonds is 7. The van der Waals surface area contributed by atoms with Crippen molar-refractivity contribution in [3.05, 3.63) is 114 Å². The van der Waals surface area contributed by atoms with Crippen LogP contribution in [-0.4, -0.2) is 17.0 Å². The molecular weight excluding hydrogens is 378 g/mol. The summed E-state index contributed by atoms with van der Waals surface area (Å²) in [4.78, 5) is 12.6. The van der Waals surface area contributed by atoms with Gasteiger partial charge < -0.3 is 9.14 Å². The molecule has 146 valence electrons. The zero-order valence-corrected chi connectivity index (χ0v) is 17.1. The maximum absolute atomic E-state index is 12.6. The number of hydrogen-bond acceptors (Lipinski definition) is 3. The quantitative estimate of drug-likeness (QED) is 0.349. The van der Waals surface area contributed by atoms with Gasteiger partial charge in [0.2, 0.25) is 0 Å². The predicted molar refractivity (Wildman–Crippen MR) is 119 cm³/mol. The molecule has 4 aromatic rings. The van der Waals surface area contributed by atoms with Crippen molar-refractivity contribution < 1.29 is 9.53 Å². The number of benzene rings is 2. The molecule has 2 aromatic carbocycles. The minimum absolute atomic E-state index is 0.0921. The third-order valence-electron chi connectivity index (χ3n) is 4.83. The fourth-order valence-corrected chi connectivity index (χ4v) is 4.74. The van der Waals surface area contributed by atoms with Gasteiger partial charge >= 0.3 is 5.97 Å². The standard InChI is InChI=1S/C25H23NO2S/c1-2-28-25(27)21-17-23(26-16-10-9-15-22(21)26)24(20-13-7-4-8-14-20)29-18-19-11-5-3-6-12-19/h3-17,24H,2,18H2,1H3/t24-/m0/s1. The van der Waals surface area contributed by atoms with E-state index in [-0.39, 0.29) is 11.2 Å². The number of thioether (sulfide) groups is 1. The summed E-state index contributed by atoms with van der Waals surface area (Å²) >= 11 is 1.86. The number of aromatic nitrogens is 1. The Morgan fingerprint density at radius 1 is 0.966 bits per heavy atom. The number of hydrogen-bond donors (Lipinski definition) is 0. The van der Waals surface area contributed by atoms with Crippen molar-refractivity contribution in [3.63, 3.8) is 0 Å². The molecule has 0 amide bonds. The minimum atomic E-state index is -0.276. The van der Waals surface area contributed by atoms with Gasteiger partial charge in [0.1, 0.15) is 0 Å². The molecule has 0 aliphatic heterocycles. The van der Waals surface area contributed by atoms with Gasteiger partial charge in [0, 0.05) is 17.6 Å². The molecule has 0 saturated carbocycles. The summed E-state index contributed by atoms with van der Waals surface area (Å²) in [5.74, 6) is 0.609. The Hall–Kier alpha value is -2.98. The Morgan fingerprint density at radius 2 is 1.66 bits per heavy atom. The van der Waals surface area contributed by atoms with E-state index in [9.17, 15) is 4.79 Å². The largest absolute Gasteiger partial charge is 0.462 e. The average Bonchev–Trinajstić information content (AvgIpc) is 3.15. The first-order valence-electron chi connectivity index (χ1n) is 9.75. The normalized spacial score (nSPS) is 12.0. The number of esters is 1. The highest BCUT2D eigenvalue weighted by Crippen LogP contribution is 2.39. The van der Waals surface area contributed by atoms with E-state index in [1.807, 2.05) is 61.3 Å². The SMILES string of the molecule is CCOC(=O)c1cc([C@@H](SCc2ccccc2)c2ccccc2)n2ccccc12. The van der Waals surface area contributed by atoms with Gasteiger partial charge in [-0.1, -0.05) is 66.7 Å². The van der Waals surface area contributed by atoms with Crippen molar-refractivity contribution in [2.45, 2.75) is 17.9 Å². The zero-order valence-electron chi connectivity index (χ0n) is 16.3. The lowest BCUT2D eigenvalue weighted by molar-refractivity contribution is 0.0529. The maximum atomic E-state index is 12.6. The predicted octanol–water partition coefficient (Wildman–Crippen LogP) is 6.14. The van der Waals surface area contributed by atoms with Crippen LogP contribution in [0, 0.1) is 0 Å². The summed E-state index contributed by atoms with van der Waals surface area (Å²) < 4.78 is 7.42. The molecule has 1 atom stereocenters. The topological polar surface area (TPSA) is 30.7 Å². The van der Waals surface area contributed by atoms with Crippen LogP contribution in [0.15, 0.2) is 91.1 Å². The lowest BCUT2D eigenvalue weighted by Gasteiger charge is -2.18. The van der Waals surface area contributed by atoms with Gasteiger partial charge in [-0.3, -0.25) is 0 Å². The highest BCUT2D eigenvalue weighted by Gasteiger charge is 2.23. The highest BCUT2D eigenvalue weighted by molar-refractivity contribution is 7.98. The van der Waals surface area contributed by atoms with Crippen molar-refractivity contribution in [3.8, 4) is 0 Å². The van der Waals surface area contributed by atoms with Gasteiger partial charge in [0.25, 0.3) is 0 Å². The number of carbonyl (C=O) groups excluding carboxylic acids is 1. The van der Waals surface area contributed by atoms with Crippen LogP contribution in [0.5, 0.6) is 0 Å². The van der Waals surface area contributed by atoms with E-state index in [0.717, 1.165) is 17.0 Å². The van der Waals surface area contributed by atoms with Gasteiger partial charge in [-0.05, 0) is 36.2 Å². The van der Waals surface area contributed by atoms with Crippen LogP contribution >= 0.6 is 11.8 Å². The Balaban J connectivity index is 1.78. The van der Waals surface area contributed by atoms with Crippen molar-refractivity contribution in [1.82, 2.24) is 4.40 Å². The highest BCUT2D eigenvalue weighted by atomic mass is 32.2. The van der Waals surface area contributed by atoms with Crippen LogP contribution < -0.4 is 0 Å². The summed E-state index contributed by atoms with van der Waals surface area (Å²) in [5, 5.41) is 0.0921. The maximum Gasteiger partial charge on any atom is 0.340 e. The summed E-state index contributed by atoms with van der Waals surface area (Å²) in [6, 6.07) is 28.8. The molecule has 0 unspecified atom stereocenters. The van der Waals surface area contributed by atoms with Crippen LogP contribution in [0.3, 0.4) is 0 Å². The Kier molecular flexibility index (Phi) is 6.01. The molecule has 4 heteroatoms. The van der Waals surface area contributed by atoms with Crippen LogP contribution in [0.4, 0.5) is 0 Å². The van der Waals surface area contributed by atoms with E-state index in [0.29, 0.717) is 12.2 Å². The minimum Gasteiger partial charge on any atom is -0.462 e. The molecule has 0 aliphatic rings. The molecule has 0 fully saturated rings. The van der Waals surface area contributed by atoms with E-state index >= 15 is 0 Å². The Morgan fingerprint density at radius 3 is 2.38 bits per heavy atom. The Labute approximate surface area is 175 Å². The van der Waals surface area contributed by atoms with Gasteiger partial charge in [0.15, 0.2) is 0 Å². The Bertz CT molecular complexity index is 1090. The number of ether oxygens (including phenoxy) is 1. The molecular formula is C25H23NO2S. The second kappa shape index (κ2) is 9.01. The van der Waals surface area contributed by atoms with Gasteiger partial charge in [-0.2, -0.15) is 0 Å². The van der Waals surface area contributed by atoms with E-state index in [4.69, 9.17) is 4.74 Å². The first kappa shape index (κ1) is 19.3. The first-order chi connectivity index (χ1) is 14.3. The summed E-state index contributed by atoms with van der Waals surface area (Å²) in [6.45, 7) is 2.20. The number of fused-ring (bicyclic) bond motifs is 1. The summed E-state index contributed by atoms with van der Waals surface area (Å²) in [6.07, 6.45) is 2.02. The van der Waals surface area contributed by atoms with Gasteiger partial charge in [0.05, 0.1) is 22.9 Å². The first-order valence-corrected chi connectivity index (χ1v) is 10.8. The molecule has 0 spiro atoms. The second-order valence-corrected chi connectivity index (χ2v) is 7.84. The van der Waals surface area contributed by atoms with Crippen LogP contribution in [0.1, 0.15) is 39.4 Å². The molecule has 0 saturated heterocycles. The molecule has 2 aromatic heterocycles. The van der Waals surface area contributed by atoms with Crippen LogP contribution in [0.2, 0.25) is 0 Å². The van der Waals surface area contributed by atoms with E-state index in [2.05, 4.69) is 52.9 Å². The van der Waals surface area contributed by atoms with Gasteiger partial charge in [-0.25, -0.2) is 4.79 Å². The number of nitrogens with zero attached hydrogens (tertiary/aromatic N) is 1. The number of pyridine rings is 1. The lowest BCUT2D eigenvalue weighted by atomic mass is 10.1. The van der Waals surface area contributed by atoms with Crippen molar-refractivity contribution in [2.24, 2.45) is 0 Å². The van der Waals surface area contributed by atoms with E-state index in [1.54, 1.807) is 0 Å². The fraction of sp³-hybridized carbons (Fsp3) is 0.160. The molecule has 3 nitrogen and oxygen atoms in total. The molecule has 0 aliphatic carbocycles. The van der Waals surface area contributed by atoms with Crippen LogP contribution in [0.25, 0.3) is 5.52 Å². The third kappa shape index (κ3) is 4.22.